The molecule has 0 bridgehead atoms. The lowest BCUT2D eigenvalue weighted by Crippen LogP contribution is -2.47. The summed E-state index contributed by atoms with van der Waals surface area (Å²) in [6.45, 7) is 10.1. The lowest BCUT2D eigenvalue weighted by Gasteiger charge is -2.34. The standard InChI is InChI=1S/C9H17NO2/c1-8(2,3)6-9(4,5)12-7(11)10-6/h6H,1-5H3,(H,10,11). The van der Waals surface area contributed by atoms with Crippen molar-refractivity contribution in [2.45, 2.75) is 46.3 Å². The first-order valence-corrected chi connectivity index (χ1v) is 4.23. The highest BCUT2D eigenvalue weighted by molar-refractivity contribution is 5.71. The topological polar surface area (TPSA) is 38.3 Å². The Balaban J connectivity index is 2.86. The van der Waals surface area contributed by atoms with E-state index in [2.05, 4.69) is 26.1 Å². The van der Waals surface area contributed by atoms with Crippen molar-refractivity contribution in [2.75, 3.05) is 0 Å². The average molecular weight is 171 g/mol. The van der Waals surface area contributed by atoms with Crippen LogP contribution in [-0.4, -0.2) is 17.7 Å². The zero-order valence-electron chi connectivity index (χ0n) is 8.39. The number of hydrogen-bond donors (Lipinski definition) is 1. The summed E-state index contributed by atoms with van der Waals surface area (Å²) < 4.78 is 5.14. The van der Waals surface area contributed by atoms with Gasteiger partial charge in [-0.25, -0.2) is 4.79 Å². The molecule has 1 amide bonds. The van der Waals surface area contributed by atoms with Gasteiger partial charge in [-0.05, 0) is 19.3 Å². The second-order valence-corrected chi connectivity index (χ2v) is 4.94. The predicted molar refractivity (Wildman–Crippen MR) is 46.9 cm³/mol. The molecule has 0 aromatic carbocycles. The van der Waals surface area contributed by atoms with Crippen molar-refractivity contribution < 1.29 is 9.53 Å². The van der Waals surface area contributed by atoms with Gasteiger partial charge < -0.3 is 10.1 Å². The van der Waals surface area contributed by atoms with Crippen molar-refractivity contribution in [2.24, 2.45) is 5.41 Å². The number of carbonyl (C=O) groups is 1. The highest BCUT2D eigenvalue weighted by Gasteiger charge is 2.47. The van der Waals surface area contributed by atoms with E-state index < -0.39 is 5.60 Å². The average Bonchev–Trinajstić information content (AvgIpc) is 2.02. The first kappa shape index (κ1) is 9.36. The Morgan fingerprint density at radius 3 is 2.08 bits per heavy atom. The molecular weight excluding hydrogens is 154 g/mol. The molecule has 1 fully saturated rings. The van der Waals surface area contributed by atoms with E-state index in [0.717, 1.165) is 0 Å². The van der Waals surface area contributed by atoms with Crippen LogP contribution in [0.15, 0.2) is 0 Å². The Morgan fingerprint density at radius 1 is 1.42 bits per heavy atom. The summed E-state index contributed by atoms with van der Waals surface area (Å²) in [6, 6.07) is 0.0810. The van der Waals surface area contributed by atoms with Gasteiger partial charge in [0.1, 0.15) is 5.60 Å². The third-order valence-electron chi connectivity index (χ3n) is 2.18. The lowest BCUT2D eigenvalue weighted by atomic mass is 9.78. The molecule has 1 aliphatic rings. The number of carbonyl (C=O) groups excluding carboxylic acids is 1. The molecule has 1 N–H and O–H groups in total. The van der Waals surface area contributed by atoms with Gasteiger partial charge in [0.2, 0.25) is 0 Å². The number of cyclic esters (lactones) is 1. The molecule has 1 atom stereocenters. The molecule has 1 aliphatic heterocycles. The van der Waals surface area contributed by atoms with Crippen LogP contribution in [-0.2, 0) is 4.74 Å². The first-order valence-electron chi connectivity index (χ1n) is 4.23. The van der Waals surface area contributed by atoms with E-state index in [9.17, 15) is 4.79 Å². The quantitative estimate of drug-likeness (QED) is 0.604. The summed E-state index contributed by atoms with van der Waals surface area (Å²) in [6.07, 6.45) is -0.306. The van der Waals surface area contributed by atoms with Crippen molar-refractivity contribution in [3.8, 4) is 0 Å². The molecular formula is C9H17NO2. The minimum absolute atomic E-state index is 0.0374. The molecule has 0 aromatic rings. The van der Waals surface area contributed by atoms with Gasteiger partial charge >= 0.3 is 6.09 Å². The van der Waals surface area contributed by atoms with E-state index in [1.165, 1.54) is 0 Å². The van der Waals surface area contributed by atoms with Crippen LogP contribution in [0.25, 0.3) is 0 Å². The zero-order chi connectivity index (χ0) is 9.57. The van der Waals surface area contributed by atoms with Crippen LogP contribution in [0.2, 0.25) is 0 Å². The van der Waals surface area contributed by atoms with Crippen LogP contribution < -0.4 is 5.32 Å². The Kier molecular flexibility index (Phi) is 1.85. The molecule has 70 valence electrons. The van der Waals surface area contributed by atoms with Crippen molar-refractivity contribution in [1.29, 1.82) is 0 Å². The highest BCUT2D eigenvalue weighted by Crippen LogP contribution is 2.33. The van der Waals surface area contributed by atoms with Gasteiger partial charge in [0, 0.05) is 0 Å². The molecule has 1 saturated heterocycles. The third kappa shape index (κ3) is 1.54. The monoisotopic (exact) mass is 171 g/mol. The van der Waals surface area contributed by atoms with Gasteiger partial charge in [-0.1, -0.05) is 20.8 Å². The predicted octanol–water partition coefficient (Wildman–Crippen LogP) is 1.92. The van der Waals surface area contributed by atoms with Gasteiger partial charge in [-0.3, -0.25) is 0 Å². The number of nitrogens with one attached hydrogen (secondary N) is 1. The van der Waals surface area contributed by atoms with Gasteiger partial charge in [0.05, 0.1) is 6.04 Å². The fraction of sp³-hybridized carbons (Fsp3) is 0.889. The van der Waals surface area contributed by atoms with Crippen molar-refractivity contribution in [1.82, 2.24) is 5.32 Å². The highest BCUT2D eigenvalue weighted by atomic mass is 16.6. The number of amides is 1. The zero-order valence-corrected chi connectivity index (χ0v) is 8.39. The fourth-order valence-electron chi connectivity index (χ4n) is 1.88. The number of hydrogen-bond acceptors (Lipinski definition) is 2. The van der Waals surface area contributed by atoms with Crippen LogP contribution >= 0.6 is 0 Å². The Hall–Kier alpha value is -0.730. The number of alkyl carbamates (subject to hydrolysis) is 1. The summed E-state index contributed by atoms with van der Waals surface area (Å²) in [5.74, 6) is 0. The maximum absolute atomic E-state index is 11.0. The number of rotatable bonds is 0. The molecule has 0 spiro atoms. The maximum atomic E-state index is 11.0. The number of ether oxygens (including phenoxy) is 1. The van der Waals surface area contributed by atoms with E-state index in [1.54, 1.807) is 0 Å². The van der Waals surface area contributed by atoms with E-state index in [0.29, 0.717) is 0 Å². The summed E-state index contributed by atoms with van der Waals surface area (Å²) in [5.41, 5.74) is -0.356. The summed E-state index contributed by atoms with van der Waals surface area (Å²) >= 11 is 0. The molecule has 0 aliphatic carbocycles. The van der Waals surface area contributed by atoms with E-state index in [-0.39, 0.29) is 17.6 Å². The van der Waals surface area contributed by atoms with Crippen LogP contribution in [0.3, 0.4) is 0 Å². The lowest BCUT2D eigenvalue weighted by molar-refractivity contribution is 0.0415. The second-order valence-electron chi connectivity index (χ2n) is 4.94. The smallest absolute Gasteiger partial charge is 0.408 e. The van der Waals surface area contributed by atoms with Crippen molar-refractivity contribution >= 4 is 6.09 Å². The Bertz CT molecular complexity index is 203. The normalized spacial score (nSPS) is 28.1. The van der Waals surface area contributed by atoms with Gasteiger partial charge in [0.25, 0.3) is 0 Å². The Labute approximate surface area is 73.5 Å². The molecule has 12 heavy (non-hydrogen) atoms. The maximum Gasteiger partial charge on any atom is 0.408 e. The van der Waals surface area contributed by atoms with Crippen LogP contribution in [0.1, 0.15) is 34.6 Å². The van der Waals surface area contributed by atoms with E-state index in [4.69, 9.17) is 4.74 Å². The van der Waals surface area contributed by atoms with Gasteiger partial charge in [-0.2, -0.15) is 0 Å². The molecule has 1 unspecified atom stereocenters. The molecule has 3 heteroatoms. The molecule has 1 rings (SSSR count). The Morgan fingerprint density at radius 2 is 1.92 bits per heavy atom. The summed E-state index contributed by atoms with van der Waals surface area (Å²) in [5, 5.41) is 2.82. The van der Waals surface area contributed by atoms with E-state index >= 15 is 0 Å². The molecule has 0 saturated carbocycles. The SMILES string of the molecule is CC(C)(C)C1NC(=O)OC1(C)C. The molecule has 3 nitrogen and oxygen atoms in total. The van der Waals surface area contributed by atoms with Gasteiger partial charge in [0.15, 0.2) is 0 Å². The second kappa shape index (κ2) is 2.38. The summed E-state index contributed by atoms with van der Waals surface area (Å²) in [4.78, 5) is 11.0. The van der Waals surface area contributed by atoms with Crippen LogP contribution in [0.5, 0.6) is 0 Å². The van der Waals surface area contributed by atoms with Crippen LogP contribution in [0, 0.1) is 5.41 Å². The summed E-state index contributed by atoms with van der Waals surface area (Å²) in [7, 11) is 0. The molecule has 0 radical (unpaired) electrons. The molecule has 0 aromatic heterocycles. The fourth-order valence-corrected chi connectivity index (χ4v) is 1.88. The van der Waals surface area contributed by atoms with Crippen LogP contribution in [0.4, 0.5) is 4.79 Å². The van der Waals surface area contributed by atoms with Crippen molar-refractivity contribution in [3.05, 3.63) is 0 Å². The first-order chi connectivity index (χ1) is 5.23. The van der Waals surface area contributed by atoms with Gasteiger partial charge in [-0.15, -0.1) is 0 Å². The minimum Gasteiger partial charge on any atom is -0.441 e. The van der Waals surface area contributed by atoms with Crippen molar-refractivity contribution in [3.63, 3.8) is 0 Å². The third-order valence-corrected chi connectivity index (χ3v) is 2.18. The molecule has 1 heterocycles. The van der Waals surface area contributed by atoms with E-state index in [1.807, 2.05) is 13.8 Å². The largest absolute Gasteiger partial charge is 0.441 e. The minimum atomic E-state index is -0.394.